The summed E-state index contributed by atoms with van der Waals surface area (Å²) >= 11 is 1.95. The molecule has 1 saturated heterocycles. The van der Waals surface area contributed by atoms with Gasteiger partial charge in [-0.25, -0.2) is 0 Å². The Morgan fingerprint density at radius 1 is 1.10 bits per heavy atom. The van der Waals surface area contributed by atoms with Gasteiger partial charge < -0.3 is 9.84 Å². The molecule has 1 aromatic rings. The van der Waals surface area contributed by atoms with E-state index in [9.17, 15) is 0 Å². The van der Waals surface area contributed by atoms with Gasteiger partial charge in [-0.15, -0.1) is 11.3 Å². The van der Waals surface area contributed by atoms with Crippen LogP contribution in [0.2, 0.25) is 0 Å². The summed E-state index contributed by atoms with van der Waals surface area (Å²) < 4.78 is 5.32. The predicted octanol–water partition coefficient (Wildman–Crippen LogP) is 1.44. The first-order valence-electron chi connectivity index (χ1n) is 7.52. The van der Waals surface area contributed by atoms with Gasteiger partial charge >= 0.3 is 0 Å². The quantitative estimate of drug-likeness (QED) is 0.737. The molecule has 0 aromatic carbocycles. The monoisotopic (exact) mass is 298 g/mol. The lowest BCUT2D eigenvalue weighted by atomic mass is 10.3. The molecular formula is C15H26N2O2S. The lowest BCUT2D eigenvalue weighted by molar-refractivity contribution is 0.0565. The smallest absolute Gasteiger partial charge is 0.0698 e. The molecule has 2 heterocycles. The fraction of sp³-hybridized carbons (Fsp3) is 0.733. The highest BCUT2D eigenvalue weighted by molar-refractivity contribution is 7.11. The Morgan fingerprint density at radius 2 is 1.80 bits per heavy atom. The third-order valence-corrected chi connectivity index (χ3v) is 4.91. The fourth-order valence-electron chi connectivity index (χ4n) is 2.45. The van der Waals surface area contributed by atoms with Crippen molar-refractivity contribution >= 4 is 11.3 Å². The lowest BCUT2D eigenvalue weighted by Crippen LogP contribution is -2.46. The molecule has 0 saturated carbocycles. The van der Waals surface area contributed by atoms with E-state index in [0.717, 1.165) is 52.3 Å². The lowest BCUT2D eigenvalue weighted by Gasteiger charge is -2.34. The number of thiophene rings is 1. The van der Waals surface area contributed by atoms with Crippen LogP contribution in [0.1, 0.15) is 16.7 Å². The van der Waals surface area contributed by atoms with Crippen LogP contribution in [0.15, 0.2) is 12.1 Å². The Hall–Kier alpha value is -0.460. The molecule has 4 nitrogen and oxygen atoms in total. The summed E-state index contributed by atoms with van der Waals surface area (Å²) in [5, 5.41) is 8.65. The number of hydrogen-bond acceptors (Lipinski definition) is 5. The number of aliphatic hydroxyl groups is 1. The van der Waals surface area contributed by atoms with Crippen molar-refractivity contribution in [2.45, 2.75) is 19.9 Å². The Morgan fingerprint density at radius 3 is 2.45 bits per heavy atom. The third kappa shape index (κ3) is 5.14. The standard InChI is InChI=1S/C15H26N2O2S/c1-2-14-3-4-15(20-14)13-17-7-5-16(6-8-17)9-11-19-12-10-18/h3-4,18H,2,5-13H2,1H3. The van der Waals surface area contributed by atoms with Crippen LogP contribution in [0.4, 0.5) is 0 Å². The van der Waals surface area contributed by atoms with Crippen molar-refractivity contribution in [2.24, 2.45) is 0 Å². The highest BCUT2D eigenvalue weighted by Gasteiger charge is 2.17. The van der Waals surface area contributed by atoms with Crippen LogP contribution in [0, 0.1) is 0 Å². The van der Waals surface area contributed by atoms with Crippen LogP contribution >= 0.6 is 11.3 Å². The molecule has 2 rings (SSSR count). The van der Waals surface area contributed by atoms with Gasteiger partial charge in [-0.05, 0) is 18.6 Å². The van der Waals surface area contributed by atoms with Gasteiger partial charge in [-0.3, -0.25) is 9.80 Å². The first-order chi connectivity index (χ1) is 9.81. The molecule has 1 N–H and O–H groups in total. The Kier molecular flexibility index (Phi) is 6.96. The maximum absolute atomic E-state index is 8.65. The van der Waals surface area contributed by atoms with Gasteiger partial charge in [0.05, 0.1) is 19.8 Å². The molecule has 1 aliphatic rings. The zero-order valence-electron chi connectivity index (χ0n) is 12.4. The zero-order valence-corrected chi connectivity index (χ0v) is 13.2. The highest BCUT2D eigenvalue weighted by atomic mass is 32.1. The summed E-state index contributed by atoms with van der Waals surface area (Å²) in [7, 11) is 0. The van der Waals surface area contributed by atoms with Gasteiger partial charge in [0.1, 0.15) is 0 Å². The Labute approximate surface area is 126 Å². The van der Waals surface area contributed by atoms with Gasteiger partial charge in [0.2, 0.25) is 0 Å². The Balaban J connectivity index is 1.63. The summed E-state index contributed by atoms with van der Waals surface area (Å²) in [5.74, 6) is 0. The molecule has 114 valence electrons. The summed E-state index contributed by atoms with van der Waals surface area (Å²) in [4.78, 5) is 7.96. The van der Waals surface area contributed by atoms with Crippen LogP contribution < -0.4 is 0 Å². The van der Waals surface area contributed by atoms with Gasteiger partial charge in [0.15, 0.2) is 0 Å². The van der Waals surface area contributed by atoms with E-state index in [-0.39, 0.29) is 6.61 Å². The fourth-order valence-corrected chi connectivity index (χ4v) is 3.45. The maximum atomic E-state index is 8.65. The Bertz CT molecular complexity index is 376. The summed E-state index contributed by atoms with van der Waals surface area (Å²) in [5.41, 5.74) is 0. The number of hydrogen-bond donors (Lipinski definition) is 1. The highest BCUT2D eigenvalue weighted by Crippen LogP contribution is 2.19. The molecule has 0 aliphatic carbocycles. The molecular weight excluding hydrogens is 272 g/mol. The van der Waals surface area contributed by atoms with Gasteiger partial charge in [-0.1, -0.05) is 6.92 Å². The molecule has 0 radical (unpaired) electrons. The minimum Gasteiger partial charge on any atom is -0.394 e. The van der Waals surface area contributed by atoms with Crippen molar-refractivity contribution in [3.05, 3.63) is 21.9 Å². The first-order valence-corrected chi connectivity index (χ1v) is 8.34. The maximum Gasteiger partial charge on any atom is 0.0698 e. The van der Waals surface area contributed by atoms with Crippen LogP contribution in [0.3, 0.4) is 0 Å². The summed E-state index contributed by atoms with van der Waals surface area (Å²) in [6, 6.07) is 4.54. The molecule has 20 heavy (non-hydrogen) atoms. The number of rotatable bonds is 8. The number of aryl methyl sites for hydroxylation is 1. The second kappa shape index (κ2) is 8.74. The van der Waals surface area contributed by atoms with Gasteiger partial charge in [0.25, 0.3) is 0 Å². The summed E-state index contributed by atoms with van der Waals surface area (Å²) in [6.07, 6.45) is 1.15. The van der Waals surface area contributed by atoms with Crippen LogP contribution in [-0.4, -0.2) is 67.5 Å². The van der Waals surface area contributed by atoms with Crippen molar-refractivity contribution in [3.8, 4) is 0 Å². The van der Waals surface area contributed by atoms with Crippen molar-refractivity contribution in [1.29, 1.82) is 0 Å². The molecule has 0 atom stereocenters. The van der Waals surface area contributed by atoms with Gasteiger partial charge in [-0.2, -0.15) is 0 Å². The third-order valence-electron chi connectivity index (χ3n) is 3.70. The van der Waals surface area contributed by atoms with E-state index in [1.165, 1.54) is 9.75 Å². The molecule has 0 bridgehead atoms. The van der Waals surface area contributed by atoms with Crippen molar-refractivity contribution in [1.82, 2.24) is 9.80 Å². The minimum absolute atomic E-state index is 0.119. The second-order valence-electron chi connectivity index (χ2n) is 5.18. The van der Waals surface area contributed by atoms with E-state index in [4.69, 9.17) is 9.84 Å². The predicted molar refractivity (Wildman–Crippen MR) is 83.3 cm³/mol. The molecule has 0 spiro atoms. The molecule has 5 heteroatoms. The zero-order chi connectivity index (χ0) is 14.2. The number of aliphatic hydroxyl groups excluding tert-OH is 1. The first kappa shape index (κ1) is 15.9. The minimum atomic E-state index is 0.119. The SMILES string of the molecule is CCc1ccc(CN2CCN(CCOCCO)CC2)s1. The van der Waals surface area contributed by atoms with E-state index < -0.39 is 0 Å². The number of piperazine rings is 1. The van der Waals surface area contributed by atoms with E-state index in [1.807, 2.05) is 11.3 Å². The average Bonchev–Trinajstić information content (AvgIpc) is 2.93. The molecule has 1 aromatic heterocycles. The van der Waals surface area contributed by atoms with Crippen LogP contribution in [-0.2, 0) is 17.7 Å². The average molecular weight is 298 g/mol. The van der Waals surface area contributed by atoms with E-state index in [2.05, 4.69) is 28.9 Å². The number of ether oxygens (including phenoxy) is 1. The van der Waals surface area contributed by atoms with Gasteiger partial charge in [0, 0.05) is 49.0 Å². The van der Waals surface area contributed by atoms with Crippen LogP contribution in [0.5, 0.6) is 0 Å². The summed E-state index contributed by atoms with van der Waals surface area (Å²) in [6.45, 7) is 10.1. The molecule has 0 amide bonds. The van der Waals surface area contributed by atoms with E-state index in [1.54, 1.807) is 0 Å². The number of nitrogens with zero attached hydrogens (tertiary/aromatic N) is 2. The van der Waals surface area contributed by atoms with E-state index >= 15 is 0 Å². The molecule has 0 unspecified atom stereocenters. The molecule has 1 fully saturated rings. The normalized spacial score (nSPS) is 17.7. The largest absolute Gasteiger partial charge is 0.394 e. The van der Waals surface area contributed by atoms with Crippen molar-refractivity contribution < 1.29 is 9.84 Å². The van der Waals surface area contributed by atoms with Crippen molar-refractivity contribution in [2.75, 3.05) is 52.5 Å². The van der Waals surface area contributed by atoms with E-state index in [0.29, 0.717) is 6.61 Å². The second-order valence-corrected chi connectivity index (χ2v) is 6.43. The van der Waals surface area contributed by atoms with Crippen LogP contribution in [0.25, 0.3) is 0 Å². The topological polar surface area (TPSA) is 35.9 Å². The molecule has 1 aliphatic heterocycles. The van der Waals surface area contributed by atoms with Crippen molar-refractivity contribution in [3.63, 3.8) is 0 Å².